The lowest BCUT2D eigenvalue weighted by Gasteiger charge is -2.35. The third kappa shape index (κ3) is 2.53. The van der Waals surface area contributed by atoms with Crippen molar-refractivity contribution in [2.45, 2.75) is 63.2 Å². The summed E-state index contributed by atoms with van der Waals surface area (Å²) in [4.78, 5) is 0. The van der Waals surface area contributed by atoms with Gasteiger partial charge >= 0.3 is 0 Å². The number of hydrogen-bond donors (Lipinski definition) is 1. The number of nitrogens with one attached hydrogen (secondary N) is 1. The van der Waals surface area contributed by atoms with E-state index in [-0.39, 0.29) is 0 Å². The van der Waals surface area contributed by atoms with Crippen LogP contribution in [-0.2, 0) is 0 Å². The minimum Gasteiger partial charge on any atom is -0.313 e. The fourth-order valence-electron chi connectivity index (χ4n) is 4.49. The number of fused-ring (bicyclic) bond motifs is 2. The fraction of sp³-hybridized carbons (Fsp3) is 1.00. The third-order valence-corrected chi connectivity index (χ3v) is 6.73. The first kappa shape index (κ1) is 12.3. The molecule has 2 saturated carbocycles. The SMILES string of the molecule is CCCNC(C1CCCS1)C1CC2CCC1C2. The van der Waals surface area contributed by atoms with Gasteiger partial charge in [-0.25, -0.2) is 0 Å². The molecule has 1 N–H and O–H groups in total. The second kappa shape index (κ2) is 5.52. The van der Waals surface area contributed by atoms with E-state index in [0.29, 0.717) is 0 Å². The van der Waals surface area contributed by atoms with E-state index in [4.69, 9.17) is 0 Å². The minimum absolute atomic E-state index is 0.845. The lowest BCUT2D eigenvalue weighted by Crippen LogP contribution is -2.45. The molecule has 1 heterocycles. The van der Waals surface area contributed by atoms with E-state index in [1.807, 2.05) is 0 Å². The maximum Gasteiger partial charge on any atom is 0.0217 e. The van der Waals surface area contributed by atoms with Crippen molar-refractivity contribution < 1.29 is 0 Å². The van der Waals surface area contributed by atoms with Crippen LogP contribution in [0.1, 0.15) is 51.9 Å². The number of thioether (sulfide) groups is 1. The zero-order valence-electron chi connectivity index (χ0n) is 11.2. The molecule has 0 radical (unpaired) electrons. The Morgan fingerprint density at radius 3 is 2.76 bits per heavy atom. The van der Waals surface area contributed by atoms with Gasteiger partial charge in [0.25, 0.3) is 0 Å². The predicted octanol–water partition coefficient (Wildman–Crippen LogP) is 3.69. The molecular formula is C15H27NS. The highest BCUT2D eigenvalue weighted by Gasteiger charge is 2.45. The van der Waals surface area contributed by atoms with Crippen molar-refractivity contribution in [2.75, 3.05) is 12.3 Å². The van der Waals surface area contributed by atoms with Crippen LogP contribution in [-0.4, -0.2) is 23.6 Å². The van der Waals surface area contributed by atoms with E-state index in [0.717, 1.165) is 29.0 Å². The molecule has 98 valence electrons. The van der Waals surface area contributed by atoms with Crippen molar-refractivity contribution in [1.82, 2.24) is 5.32 Å². The maximum atomic E-state index is 3.92. The van der Waals surface area contributed by atoms with E-state index in [2.05, 4.69) is 24.0 Å². The molecule has 5 unspecified atom stereocenters. The van der Waals surface area contributed by atoms with Crippen LogP contribution in [0.25, 0.3) is 0 Å². The second-order valence-corrected chi connectivity index (χ2v) is 7.72. The summed E-state index contributed by atoms with van der Waals surface area (Å²) in [7, 11) is 0. The Hall–Kier alpha value is 0.310. The molecule has 0 amide bonds. The van der Waals surface area contributed by atoms with E-state index in [1.165, 1.54) is 38.0 Å². The molecule has 3 rings (SSSR count). The van der Waals surface area contributed by atoms with E-state index in [1.54, 1.807) is 19.3 Å². The first-order valence-corrected chi connectivity index (χ1v) is 8.78. The van der Waals surface area contributed by atoms with Gasteiger partial charge < -0.3 is 5.32 Å². The molecule has 0 aromatic heterocycles. The minimum atomic E-state index is 0.845. The van der Waals surface area contributed by atoms with Crippen molar-refractivity contribution in [3.8, 4) is 0 Å². The van der Waals surface area contributed by atoms with Gasteiger partial charge in [0.1, 0.15) is 0 Å². The van der Waals surface area contributed by atoms with Crippen LogP contribution in [0.3, 0.4) is 0 Å². The van der Waals surface area contributed by atoms with Crippen LogP contribution in [0.4, 0.5) is 0 Å². The lowest BCUT2D eigenvalue weighted by atomic mass is 9.81. The zero-order valence-corrected chi connectivity index (χ0v) is 12.0. The zero-order chi connectivity index (χ0) is 11.7. The molecule has 0 aromatic rings. The van der Waals surface area contributed by atoms with Crippen LogP contribution in [0.15, 0.2) is 0 Å². The average Bonchev–Trinajstić information content (AvgIpc) is 3.06. The largest absolute Gasteiger partial charge is 0.313 e. The van der Waals surface area contributed by atoms with Gasteiger partial charge in [-0.05, 0) is 68.6 Å². The van der Waals surface area contributed by atoms with Crippen molar-refractivity contribution in [3.63, 3.8) is 0 Å². The number of rotatable bonds is 5. The molecule has 2 bridgehead atoms. The monoisotopic (exact) mass is 253 g/mol. The van der Waals surface area contributed by atoms with Crippen molar-refractivity contribution in [1.29, 1.82) is 0 Å². The van der Waals surface area contributed by atoms with Gasteiger partial charge in [0.05, 0.1) is 0 Å². The Morgan fingerprint density at radius 1 is 1.24 bits per heavy atom. The van der Waals surface area contributed by atoms with Crippen LogP contribution >= 0.6 is 11.8 Å². The highest BCUT2D eigenvalue weighted by molar-refractivity contribution is 8.00. The fourth-order valence-corrected chi connectivity index (χ4v) is 5.96. The van der Waals surface area contributed by atoms with E-state index < -0.39 is 0 Å². The van der Waals surface area contributed by atoms with Gasteiger partial charge in [-0.15, -0.1) is 0 Å². The maximum absolute atomic E-state index is 3.92. The summed E-state index contributed by atoms with van der Waals surface area (Å²) < 4.78 is 0. The van der Waals surface area contributed by atoms with Crippen LogP contribution in [0, 0.1) is 17.8 Å². The van der Waals surface area contributed by atoms with Crippen LogP contribution in [0.2, 0.25) is 0 Å². The Morgan fingerprint density at radius 2 is 2.18 bits per heavy atom. The van der Waals surface area contributed by atoms with Crippen LogP contribution < -0.4 is 5.32 Å². The molecule has 1 saturated heterocycles. The molecule has 2 heteroatoms. The molecule has 0 aromatic carbocycles. The van der Waals surface area contributed by atoms with Gasteiger partial charge in [0, 0.05) is 11.3 Å². The summed E-state index contributed by atoms with van der Waals surface area (Å²) in [5, 5.41) is 4.85. The van der Waals surface area contributed by atoms with Crippen LogP contribution in [0.5, 0.6) is 0 Å². The van der Waals surface area contributed by atoms with E-state index >= 15 is 0 Å². The van der Waals surface area contributed by atoms with Gasteiger partial charge in [-0.1, -0.05) is 13.3 Å². The summed E-state index contributed by atoms with van der Waals surface area (Å²) in [5.41, 5.74) is 0. The second-order valence-electron chi connectivity index (χ2n) is 6.37. The van der Waals surface area contributed by atoms with Gasteiger partial charge in [-0.2, -0.15) is 11.8 Å². The molecule has 0 spiro atoms. The summed E-state index contributed by atoms with van der Waals surface area (Å²) in [6.45, 7) is 3.53. The van der Waals surface area contributed by atoms with Crippen molar-refractivity contribution >= 4 is 11.8 Å². The Labute approximate surface area is 111 Å². The highest BCUT2D eigenvalue weighted by atomic mass is 32.2. The Balaban J connectivity index is 1.65. The van der Waals surface area contributed by atoms with Crippen molar-refractivity contribution in [2.24, 2.45) is 17.8 Å². The normalized spacial score (nSPS) is 42.2. The van der Waals surface area contributed by atoms with Crippen molar-refractivity contribution in [3.05, 3.63) is 0 Å². The predicted molar refractivity (Wildman–Crippen MR) is 76.5 cm³/mol. The summed E-state index contributed by atoms with van der Waals surface area (Å²) in [5.74, 6) is 4.62. The standard InChI is InChI=1S/C15H27NS/c1-2-7-16-15(14-4-3-8-17-14)13-10-11-5-6-12(13)9-11/h11-16H,2-10H2,1H3. The molecule has 3 fully saturated rings. The summed E-state index contributed by atoms with van der Waals surface area (Å²) in [6, 6.07) is 0.845. The van der Waals surface area contributed by atoms with E-state index in [9.17, 15) is 0 Å². The molecule has 2 aliphatic carbocycles. The Kier molecular flexibility index (Phi) is 4.01. The molecule has 1 nitrogen and oxygen atoms in total. The van der Waals surface area contributed by atoms with Gasteiger partial charge in [0.15, 0.2) is 0 Å². The number of hydrogen-bond acceptors (Lipinski definition) is 2. The first-order chi connectivity index (χ1) is 8.38. The average molecular weight is 253 g/mol. The summed E-state index contributed by atoms with van der Waals surface area (Å²) in [6.07, 6.45) is 10.4. The molecule has 17 heavy (non-hydrogen) atoms. The lowest BCUT2D eigenvalue weighted by molar-refractivity contribution is 0.242. The smallest absolute Gasteiger partial charge is 0.0217 e. The molecular weight excluding hydrogens is 226 g/mol. The molecule has 3 aliphatic rings. The molecule has 5 atom stereocenters. The van der Waals surface area contributed by atoms with Gasteiger partial charge in [0.2, 0.25) is 0 Å². The summed E-state index contributed by atoms with van der Waals surface area (Å²) >= 11 is 2.25. The van der Waals surface area contributed by atoms with Gasteiger partial charge in [-0.3, -0.25) is 0 Å². The topological polar surface area (TPSA) is 12.0 Å². The third-order valence-electron chi connectivity index (χ3n) is 5.25. The Bertz CT molecular complexity index is 249. The molecule has 1 aliphatic heterocycles. The first-order valence-electron chi connectivity index (χ1n) is 7.73. The quantitative estimate of drug-likeness (QED) is 0.802. The highest BCUT2D eigenvalue weighted by Crippen LogP contribution is 2.51.